The number of hydrogen-bond acceptors (Lipinski definition) is 3. The summed E-state index contributed by atoms with van der Waals surface area (Å²) in [6.45, 7) is 2.78. The second kappa shape index (κ2) is 9.74. The van der Waals surface area contributed by atoms with Crippen molar-refractivity contribution in [1.29, 1.82) is 0 Å². The van der Waals surface area contributed by atoms with Crippen LogP contribution in [0, 0.1) is 5.82 Å². The van der Waals surface area contributed by atoms with E-state index in [4.69, 9.17) is 16.3 Å². The van der Waals surface area contributed by atoms with E-state index < -0.39 is 0 Å². The fourth-order valence-electron chi connectivity index (χ4n) is 3.45. The SMILES string of the molecule is Fc1ccc(COc2ccc3ccccc3c2CNCCCn2ccnc2)c(Cl)c1. The number of fused-ring (bicyclic) bond motifs is 1. The van der Waals surface area contributed by atoms with E-state index in [1.54, 1.807) is 12.3 Å². The van der Waals surface area contributed by atoms with Crippen LogP contribution in [0.15, 0.2) is 73.3 Å². The lowest BCUT2D eigenvalue weighted by atomic mass is 10.0. The molecule has 0 unspecified atom stereocenters. The van der Waals surface area contributed by atoms with Gasteiger partial charge >= 0.3 is 0 Å². The smallest absolute Gasteiger partial charge is 0.124 e. The molecule has 0 bridgehead atoms. The van der Waals surface area contributed by atoms with Crippen molar-refractivity contribution in [2.75, 3.05) is 6.54 Å². The molecule has 0 saturated heterocycles. The fourth-order valence-corrected chi connectivity index (χ4v) is 3.67. The van der Waals surface area contributed by atoms with E-state index in [9.17, 15) is 4.39 Å². The molecular weight excluding hydrogens is 401 g/mol. The molecule has 0 fully saturated rings. The highest BCUT2D eigenvalue weighted by molar-refractivity contribution is 6.31. The van der Waals surface area contributed by atoms with Gasteiger partial charge in [-0.25, -0.2) is 9.37 Å². The number of benzene rings is 3. The maximum Gasteiger partial charge on any atom is 0.124 e. The lowest BCUT2D eigenvalue weighted by Gasteiger charge is -2.16. The summed E-state index contributed by atoms with van der Waals surface area (Å²) < 4.78 is 21.5. The summed E-state index contributed by atoms with van der Waals surface area (Å²) in [5, 5.41) is 6.22. The molecule has 6 heteroatoms. The van der Waals surface area contributed by atoms with Crippen LogP contribution in [-0.4, -0.2) is 16.1 Å². The number of nitrogens with zero attached hydrogens (tertiary/aromatic N) is 2. The summed E-state index contributed by atoms with van der Waals surface area (Å²) in [7, 11) is 0. The van der Waals surface area contributed by atoms with Crippen LogP contribution in [0.3, 0.4) is 0 Å². The molecule has 0 amide bonds. The van der Waals surface area contributed by atoms with E-state index in [1.165, 1.54) is 17.5 Å². The van der Waals surface area contributed by atoms with Crippen LogP contribution in [0.4, 0.5) is 4.39 Å². The zero-order valence-corrected chi connectivity index (χ0v) is 17.3. The Morgan fingerprint density at radius 1 is 1.10 bits per heavy atom. The molecule has 4 aromatic rings. The molecule has 4 rings (SSSR count). The Kier molecular flexibility index (Phi) is 6.62. The number of nitrogens with one attached hydrogen (secondary N) is 1. The van der Waals surface area contributed by atoms with E-state index in [-0.39, 0.29) is 12.4 Å². The molecule has 1 N–H and O–H groups in total. The molecule has 1 heterocycles. The maximum absolute atomic E-state index is 13.3. The van der Waals surface area contributed by atoms with Crippen LogP contribution in [-0.2, 0) is 19.7 Å². The van der Waals surface area contributed by atoms with E-state index in [0.29, 0.717) is 11.6 Å². The summed E-state index contributed by atoms with van der Waals surface area (Å²) in [5.74, 6) is 0.450. The highest BCUT2D eigenvalue weighted by Crippen LogP contribution is 2.29. The molecule has 0 spiro atoms. The number of hydrogen-bond donors (Lipinski definition) is 1. The van der Waals surface area contributed by atoms with E-state index in [0.717, 1.165) is 41.8 Å². The highest BCUT2D eigenvalue weighted by atomic mass is 35.5. The molecule has 1 aromatic heterocycles. The van der Waals surface area contributed by atoms with E-state index >= 15 is 0 Å². The second-order valence-corrected chi connectivity index (χ2v) is 7.53. The van der Waals surface area contributed by atoms with Crippen molar-refractivity contribution in [2.24, 2.45) is 0 Å². The van der Waals surface area contributed by atoms with Crippen LogP contribution in [0.25, 0.3) is 10.8 Å². The average Bonchev–Trinajstić information content (AvgIpc) is 3.27. The Morgan fingerprint density at radius 3 is 2.83 bits per heavy atom. The summed E-state index contributed by atoms with van der Waals surface area (Å²) in [6, 6.07) is 16.7. The van der Waals surface area contributed by atoms with Gasteiger partial charge < -0.3 is 14.6 Å². The van der Waals surface area contributed by atoms with Gasteiger partial charge in [0.15, 0.2) is 0 Å². The predicted octanol–water partition coefficient (Wildman–Crippen LogP) is 5.59. The number of rotatable bonds is 9. The van der Waals surface area contributed by atoms with Crippen LogP contribution in [0.5, 0.6) is 5.75 Å². The first-order chi connectivity index (χ1) is 14.7. The topological polar surface area (TPSA) is 39.1 Å². The van der Waals surface area contributed by atoms with Gasteiger partial charge in [0.2, 0.25) is 0 Å². The average molecular weight is 424 g/mol. The van der Waals surface area contributed by atoms with Crippen molar-refractivity contribution in [3.8, 4) is 5.75 Å². The fraction of sp³-hybridized carbons (Fsp3) is 0.208. The van der Waals surface area contributed by atoms with Crippen molar-refractivity contribution < 1.29 is 9.13 Å². The molecule has 0 radical (unpaired) electrons. The Hall–Kier alpha value is -2.89. The third-order valence-electron chi connectivity index (χ3n) is 5.03. The summed E-state index contributed by atoms with van der Waals surface area (Å²) in [5.41, 5.74) is 1.86. The van der Waals surface area contributed by atoms with E-state index in [2.05, 4.69) is 33.1 Å². The number of aromatic nitrogens is 2. The second-order valence-electron chi connectivity index (χ2n) is 7.12. The van der Waals surface area contributed by atoms with Crippen LogP contribution in [0.2, 0.25) is 5.02 Å². The Labute approximate surface area is 180 Å². The van der Waals surface area contributed by atoms with Crippen molar-refractivity contribution in [3.05, 3.63) is 95.3 Å². The van der Waals surface area contributed by atoms with Crippen molar-refractivity contribution >= 4 is 22.4 Å². The monoisotopic (exact) mass is 423 g/mol. The van der Waals surface area contributed by atoms with Gasteiger partial charge in [0.25, 0.3) is 0 Å². The standard InChI is InChI=1S/C24H23ClFN3O/c25-23-14-20(26)8-6-19(23)16-30-24-9-7-18-4-1-2-5-21(18)22(24)15-27-10-3-12-29-13-11-28-17-29/h1-2,4-9,11,13-14,17,27H,3,10,12,15-16H2. The van der Waals surface area contributed by atoms with Gasteiger partial charge in [-0.15, -0.1) is 0 Å². The molecule has 0 atom stereocenters. The first kappa shape index (κ1) is 20.4. The molecule has 0 saturated carbocycles. The quantitative estimate of drug-likeness (QED) is 0.357. The Balaban J connectivity index is 1.46. The van der Waals surface area contributed by atoms with Gasteiger partial charge in [0.05, 0.1) is 11.3 Å². The highest BCUT2D eigenvalue weighted by Gasteiger charge is 2.10. The van der Waals surface area contributed by atoms with Crippen LogP contribution < -0.4 is 10.1 Å². The minimum Gasteiger partial charge on any atom is -0.488 e. The Morgan fingerprint density at radius 2 is 2.00 bits per heavy atom. The summed E-state index contributed by atoms with van der Waals surface area (Å²) >= 11 is 6.15. The molecule has 4 nitrogen and oxygen atoms in total. The van der Waals surface area contributed by atoms with Crippen molar-refractivity contribution in [3.63, 3.8) is 0 Å². The molecular formula is C24H23ClFN3O. The normalized spacial score (nSPS) is 11.1. The summed E-state index contributed by atoms with van der Waals surface area (Å²) in [4.78, 5) is 4.07. The number of halogens is 2. The predicted molar refractivity (Wildman–Crippen MR) is 118 cm³/mol. The zero-order chi connectivity index (χ0) is 20.8. The molecule has 30 heavy (non-hydrogen) atoms. The lowest BCUT2D eigenvalue weighted by Crippen LogP contribution is -2.17. The molecule has 0 aliphatic rings. The largest absolute Gasteiger partial charge is 0.488 e. The Bertz CT molecular complexity index is 1110. The number of aryl methyl sites for hydroxylation is 1. The van der Waals surface area contributed by atoms with Gasteiger partial charge in [-0.2, -0.15) is 0 Å². The van der Waals surface area contributed by atoms with Gasteiger partial charge in [0, 0.05) is 36.6 Å². The third-order valence-corrected chi connectivity index (χ3v) is 5.38. The van der Waals surface area contributed by atoms with Crippen LogP contribution >= 0.6 is 11.6 Å². The molecule has 0 aliphatic heterocycles. The van der Waals surface area contributed by atoms with Gasteiger partial charge in [-0.1, -0.05) is 48.0 Å². The lowest BCUT2D eigenvalue weighted by molar-refractivity contribution is 0.302. The minimum atomic E-state index is -0.352. The molecule has 0 aliphatic carbocycles. The zero-order valence-electron chi connectivity index (χ0n) is 16.5. The van der Waals surface area contributed by atoms with Crippen molar-refractivity contribution in [2.45, 2.75) is 26.1 Å². The van der Waals surface area contributed by atoms with Crippen LogP contribution in [0.1, 0.15) is 17.5 Å². The third kappa shape index (κ3) is 4.99. The van der Waals surface area contributed by atoms with E-state index in [1.807, 2.05) is 30.7 Å². The van der Waals surface area contributed by atoms with Gasteiger partial charge in [-0.3, -0.25) is 0 Å². The first-order valence-electron chi connectivity index (χ1n) is 9.94. The van der Waals surface area contributed by atoms with Gasteiger partial charge in [0.1, 0.15) is 18.2 Å². The number of ether oxygens (including phenoxy) is 1. The first-order valence-corrected chi connectivity index (χ1v) is 10.3. The maximum atomic E-state index is 13.3. The summed E-state index contributed by atoms with van der Waals surface area (Å²) in [6.07, 6.45) is 6.59. The van der Waals surface area contributed by atoms with Crippen molar-refractivity contribution in [1.82, 2.24) is 14.9 Å². The minimum absolute atomic E-state index is 0.283. The molecule has 154 valence electrons. The van der Waals surface area contributed by atoms with Gasteiger partial charge in [-0.05, 0) is 41.9 Å². The number of imidazole rings is 1. The molecule has 3 aromatic carbocycles.